The van der Waals surface area contributed by atoms with E-state index in [0.717, 1.165) is 5.56 Å². The Bertz CT molecular complexity index is 1200. The minimum absolute atomic E-state index is 0.00453. The highest BCUT2D eigenvalue weighted by atomic mass is 19.4. The van der Waals surface area contributed by atoms with Crippen molar-refractivity contribution in [2.75, 3.05) is 44.3 Å². The molecule has 1 atom stereocenters. The molecule has 0 spiro atoms. The van der Waals surface area contributed by atoms with E-state index in [1.807, 2.05) is 13.0 Å². The maximum atomic E-state index is 13.7. The molecule has 0 aromatic heterocycles. The number of carbonyl (C=O) groups is 3. The van der Waals surface area contributed by atoms with Gasteiger partial charge in [0.15, 0.2) is 6.61 Å². The Hall–Kier alpha value is -3.80. The van der Waals surface area contributed by atoms with Gasteiger partial charge in [0.25, 0.3) is 5.91 Å². The average Bonchev–Trinajstić information content (AvgIpc) is 3.06. The Morgan fingerprint density at radius 2 is 1.88 bits per heavy atom. The van der Waals surface area contributed by atoms with E-state index in [2.05, 4.69) is 5.32 Å². The van der Waals surface area contributed by atoms with Crippen molar-refractivity contribution < 1.29 is 37.4 Å². The summed E-state index contributed by atoms with van der Waals surface area (Å²) in [6, 6.07) is 10.4. The molecule has 0 bridgehead atoms. The summed E-state index contributed by atoms with van der Waals surface area (Å²) >= 11 is 0. The van der Waals surface area contributed by atoms with Gasteiger partial charge >= 0.3 is 12.2 Å². The normalized spacial score (nSPS) is 15.2. The number of hydrogen-bond donors (Lipinski definition) is 2. The van der Waals surface area contributed by atoms with Crippen molar-refractivity contribution in [3.05, 3.63) is 59.2 Å². The maximum absolute atomic E-state index is 13.7. The minimum atomic E-state index is -4.48. The van der Waals surface area contributed by atoms with Crippen molar-refractivity contribution in [2.45, 2.75) is 46.0 Å². The first-order valence-corrected chi connectivity index (χ1v) is 13.1. The van der Waals surface area contributed by atoms with Crippen LogP contribution in [0.15, 0.2) is 42.5 Å². The van der Waals surface area contributed by atoms with Gasteiger partial charge < -0.3 is 29.9 Å². The number of rotatable bonds is 9. The Balaban J connectivity index is 1.78. The van der Waals surface area contributed by atoms with Crippen LogP contribution in [0.5, 0.6) is 5.75 Å². The SMILES string of the molecule is CCCN(CCO)C(=O)CNC(=O)N1Cc2ccccc2N(C(=O)c2ccc(OCC(F)(F)F)cc2C)C[C@H]1C. The van der Waals surface area contributed by atoms with Crippen molar-refractivity contribution in [2.24, 2.45) is 0 Å². The third-order valence-electron chi connectivity index (χ3n) is 6.55. The topological polar surface area (TPSA) is 102 Å². The van der Waals surface area contributed by atoms with Gasteiger partial charge in [-0.15, -0.1) is 0 Å². The third kappa shape index (κ3) is 7.87. The molecule has 1 heterocycles. The van der Waals surface area contributed by atoms with Gasteiger partial charge in [-0.05, 0) is 55.7 Å². The second-order valence-electron chi connectivity index (χ2n) is 9.67. The van der Waals surface area contributed by atoms with Crippen molar-refractivity contribution in [1.82, 2.24) is 15.1 Å². The summed E-state index contributed by atoms with van der Waals surface area (Å²) in [6.45, 7) is 4.49. The molecule has 0 radical (unpaired) electrons. The minimum Gasteiger partial charge on any atom is -0.484 e. The third-order valence-corrected chi connectivity index (χ3v) is 6.55. The number of urea groups is 1. The maximum Gasteiger partial charge on any atom is 0.422 e. The first-order chi connectivity index (χ1) is 18.9. The lowest BCUT2D eigenvalue weighted by molar-refractivity contribution is -0.153. The molecule has 40 heavy (non-hydrogen) atoms. The van der Waals surface area contributed by atoms with E-state index in [1.54, 1.807) is 41.8 Å². The first-order valence-electron chi connectivity index (χ1n) is 13.1. The molecule has 2 aromatic carbocycles. The highest BCUT2D eigenvalue weighted by Gasteiger charge is 2.33. The zero-order chi connectivity index (χ0) is 29.4. The van der Waals surface area contributed by atoms with E-state index in [9.17, 15) is 32.7 Å². The smallest absolute Gasteiger partial charge is 0.422 e. The van der Waals surface area contributed by atoms with Gasteiger partial charge in [-0.25, -0.2) is 4.79 Å². The van der Waals surface area contributed by atoms with E-state index in [4.69, 9.17) is 4.74 Å². The highest BCUT2D eigenvalue weighted by Crippen LogP contribution is 2.30. The molecule has 2 aromatic rings. The number of ether oxygens (including phenoxy) is 1. The van der Waals surface area contributed by atoms with Crippen LogP contribution in [0.25, 0.3) is 0 Å². The average molecular weight is 565 g/mol. The number of aliphatic hydroxyl groups excluding tert-OH is 1. The zero-order valence-electron chi connectivity index (χ0n) is 22.8. The molecule has 218 valence electrons. The number of amides is 4. The number of aliphatic hydroxyl groups is 1. The van der Waals surface area contributed by atoms with Crippen LogP contribution in [0, 0.1) is 6.92 Å². The fourth-order valence-electron chi connectivity index (χ4n) is 4.57. The predicted molar refractivity (Wildman–Crippen MR) is 143 cm³/mol. The molecule has 12 heteroatoms. The molecule has 0 saturated heterocycles. The van der Waals surface area contributed by atoms with E-state index >= 15 is 0 Å². The van der Waals surface area contributed by atoms with Gasteiger partial charge in [0.1, 0.15) is 5.75 Å². The Morgan fingerprint density at radius 1 is 1.15 bits per heavy atom. The summed E-state index contributed by atoms with van der Waals surface area (Å²) in [7, 11) is 0. The van der Waals surface area contributed by atoms with Crippen LogP contribution in [-0.4, -0.2) is 84.4 Å². The summed E-state index contributed by atoms with van der Waals surface area (Å²) in [5.74, 6) is -0.664. The van der Waals surface area contributed by atoms with Gasteiger partial charge in [0, 0.05) is 43.5 Å². The van der Waals surface area contributed by atoms with E-state index < -0.39 is 24.9 Å². The van der Waals surface area contributed by atoms with Crippen molar-refractivity contribution in [1.29, 1.82) is 0 Å². The summed E-state index contributed by atoms with van der Waals surface area (Å²) in [5, 5.41) is 11.9. The Kier molecular flexibility index (Phi) is 10.4. The quantitative estimate of drug-likeness (QED) is 0.484. The standard InChI is InChI=1S/C28H35F3N4O5/c1-4-11-33(12-13-36)25(37)15-32-27(39)34-17-21-7-5-6-8-24(21)35(16-20(34)3)26(38)23-10-9-22(14-19(23)2)40-18-28(29,30)31/h5-10,14,20,36H,4,11-13,15-18H2,1-3H3,(H,32,39)/t20-/m1/s1. The zero-order valence-corrected chi connectivity index (χ0v) is 22.8. The number of halogens is 3. The summed E-state index contributed by atoms with van der Waals surface area (Å²) in [4.78, 5) is 44.1. The highest BCUT2D eigenvalue weighted by molar-refractivity contribution is 6.07. The lowest BCUT2D eigenvalue weighted by Crippen LogP contribution is -2.50. The van der Waals surface area contributed by atoms with Gasteiger partial charge in [-0.3, -0.25) is 9.59 Å². The number of anilines is 1. The van der Waals surface area contributed by atoms with Gasteiger partial charge in [0.2, 0.25) is 5.91 Å². The molecule has 1 aliphatic rings. The van der Waals surface area contributed by atoms with Crippen LogP contribution in [0.4, 0.5) is 23.7 Å². The molecule has 0 unspecified atom stereocenters. The molecule has 0 saturated carbocycles. The Labute approximate surface area is 231 Å². The van der Waals surface area contributed by atoms with Crippen LogP contribution < -0.4 is 15.0 Å². The number of benzene rings is 2. The van der Waals surface area contributed by atoms with Crippen LogP contribution in [-0.2, 0) is 11.3 Å². The molecule has 1 aliphatic heterocycles. The van der Waals surface area contributed by atoms with Crippen LogP contribution in [0.2, 0.25) is 0 Å². The molecule has 4 amide bonds. The number of alkyl halides is 3. The fourth-order valence-corrected chi connectivity index (χ4v) is 4.57. The van der Waals surface area contributed by atoms with Crippen LogP contribution >= 0.6 is 0 Å². The second-order valence-corrected chi connectivity index (χ2v) is 9.67. The first kappa shape index (κ1) is 30.7. The largest absolute Gasteiger partial charge is 0.484 e. The van der Waals surface area contributed by atoms with Crippen molar-refractivity contribution >= 4 is 23.5 Å². The molecular weight excluding hydrogens is 529 g/mol. The van der Waals surface area contributed by atoms with Crippen molar-refractivity contribution in [3.8, 4) is 5.75 Å². The molecule has 9 nitrogen and oxygen atoms in total. The molecular formula is C28H35F3N4O5. The molecule has 0 aliphatic carbocycles. The number of hydrogen-bond acceptors (Lipinski definition) is 5. The lowest BCUT2D eigenvalue weighted by Gasteiger charge is -2.30. The summed E-state index contributed by atoms with van der Waals surface area (Å²) in [6.07, 6.45) is -3.76. The molecule has 0 fully saturated rings. The predicted octanol–water partition coefficient (Wildman–Crippen LogP) is 3.73. The number of aryl methyl sites for hydroxylation is 1. The summed E-state index contributed by atoms with van der Waals surface area (Å²) in [5.41, 5.74) is 2.08. The second kappa shape index (κ2) is 13.5. The van der Waals surface area contributed by atoms with Crippen LogP contribution in [0.1, 0.15) is 41.8 Å². The van der Waals surface area contributed by atoms with Gasteiger partial charge in [0.05, 0.1) is 13.2 Å². The Morgan fingerprint density at radius 3 is 2.52 bits per heavy atom. The van der Waals surface area contributed by atoms with E-state index in [0.29, 0.717) is 29.8 Å². The fraction of sp³-hybridized carbons (Fsp3) is 0.464. The summed E-state index contributed by atoms with van der Waals surface area (Å²) < 4.78 is 42.4. The van der Waals surface area contributed by atoms with E-state index in [-0.39, 0.29) is 50.3 Å². The number of nitrogens with one attached hydrogen (secondary N) is 1. The van der Waals surface area contributed by atoms with E-state index in [1.165, 1.54) is 23.1 Å². The number of carbonyl (C=O) groups excluding carboxylic acids is 3. The van der Waals surface area contributed by atoms with Gasteiger partial charge in [-0.2, -0.15) is 13.2 Å². The van der Waals surface area contributed by atoms with Gasteiger partial charge in [-0.1, -0.05) is 25.1 Å². The molecule has 3 rings (SSSR count). The van der Waals surface area contributed by atoms with Crippen molar-refractivity contribution in [3.63, 3.8) is 0 Å². The number of para-hydroxylation sites is 1. The monoisotopic (exact) mass is 564 g/mol. The lowest BCUT2D eigenvalue weighted by atomic mass is 10.1. The molecule has 2 N–H and O–H groups in total. The van der Waals surface area contributed by atoms with Crippen LogP contribution in [0.3, 0.4) is 0 Å². The number of fused-ring (bicyclic) bond motifs is 1. The number of nitrogens with zero attached hydrogens (tertiary/aromatic N) is 3.